The lowest BCUT2D eigenvalue weighted by molar-refractivity contribution is -0.155. The fourth-order valence-corrected chi connectivity index (χ4v) is 2.13. The van der Waals surface area contributed by atoms with Crippen LogP contribution in [0.4, 0.5) is 0 Å². The highest BCUT2D eigenvalue weighted by Gasteiger charge is 2.40. The Hall–Kier alpha value is -1.18. The van der Waals surface area contributed by atoms with Crippen molar-refractivity contribution in [3.63, 3.8) is 0 Å². The predicted octanol–water partition coefficient (Wildman–Crippen LogP) is 0.426. The highest BCUT2D eigenvalue weighted by molar-refractivity contribution is 5.82. The lowest BCUT2D eigenvalue weighted by Crippen LogP contribution is -2.48. The molecule has 1 aliphatic heterocycles. The van der Waals surface area contributed by atoms with Crippen LogP contribution in [0.15, 0.2) is 0 Å². The Balaban J connectivity index is 2.37. The minimum absolute atomic E-state index is 0.101. The number of ether oxygens (including phenoxy) is 3. The quantitative estimate of drug-likeness (QED) is 0.600. The molecule has 0 aromatic heterocycles. The number of amides is 1. The first kappa shape index (κ1) is 17.9. The summed E-state index contributed by atoms with van der Waals surface area (Å²) in [5, 5.41) is 12.1. The summed E-state index contributed by atoms with van der Waals surface area (Å²) in [5.74, 6) is -1.20. The molecule has 7 nitrogen and oxygen atoms in total. The number of aliphatic carboxylic acids is 1. The molecule has 0 spiro atoms. The van der Waals surface area contributed by atoms with Gasteiger partial charge in [-0.25, -0.2) is 0 Å². The highest BCUT2D eigenvalue weighted by Crippen LogP contribution is 2.30. The Labute approximate surface area is 124 Å². The van der Waals surface area contributed by atoms with Gasteiger partial charge in [0, 0.05) is 26.4 Å². The van der Waals surface area contributed by atoms with Crippen LogP contribution in [-0.2, 0) is 23.8 Å². The fraction of sp³-hybridized carbons (Fsp3) is 0.857. The molecule has 1 saturated heterocycles. The topological polar surface area (TPSA) is 94.1 Å². The second kappa shape index (κ2) is 8.96. The molecule has 0 radical (unpaired) electrons. The second-order valence-electron chi connectivity index (χ2n) is 5.13. The molecular weight excluding hydrogens is 278 g/mol. The zero-order valence-corrected chi connectivity index (χ0v) is 12.7. The normalized spacial score (nSPS) is 19.0. The third-order valence-electron chi connectivity index (χ3n) is 3.67. The molecule has 0 bridgehead atoms. The number of nitrogens with one attached hydrogen (secondary N) is 1. The second-order valence-corrected chi connectivity index (χ2v) is 5.13. The van der Waals surface area contributed by atoms with Gasteiger partial charge in [0.2, 0.25) is 5.91 Å². The first-order valence-electron chi connectivity index (χ1n) is 7.30. The molecule has 2 N–H and O–H groups in total. The van der Waals surface area contributed by atoms with Crippen LogP contribution in [0.5, 0.6) is 0 Å². The summed E-state index contributed by atoms with van der Waals surface area (Å²) in [6.45, 7) is 5.81. The summed E-state index contributed by atoms with van der Waals surface area (Å²) < 4.78 is 15.6. The van der Waals surface area contributed by atoms with E-state index in [1.54, 1.807) is 6.92 Å². The van der Waals surface area contributed by atoms with E-state index in [1.165, 1.54) is 0 Å². The lowest BCUT2D eigenvalue weighted by Gasteiger charge is -2.33. The molecule has 0 aliphatic carbocycles. The van der Waals surface area contributed by atoms with Crippen molar-refractivity contribution >= 4 is 11.9 Å². The van der Waals surface area contributed by atoms with Gasteiger partial charge in [-0.3, -0.25) is 9.59 Å². The van der Waals surface area contributed by atoms with Crippen LogP contribution in [0.1, 0.15) is 26.7 Å². The van der Waals surface area contributed by atoms with E-state index >= 15 is 0 Å². The molecule has 0 aromatic rings. The minimum Gasteiger partial charge on any atom is -0.481 e. The van der Waals surface area contributed by atoms with Crippen LogP contribution in [0.25, 0.3) is 0 Å². The molecule has 1 atom stereocenters. The molecule has 122 valence electrons. The summed E-state index contributed by atoms with van der Waals surface area (Å²) in [4.78, 5) is 23.4. The molecule has 1 aliphatic rings. The van der Waals surface area contributed by atoms with Gasteiger partial charge in [-0.1, -0.05) is 0 Å². The van der Waals surface area contributed by atoms with Gasteiger partial charge >= 0.3 is 5.97 Å². The van der Waals surface area contributed by atoms with E-state index in [0.717, 1.165) is 0 Å². The van der Waals surface area contributed by atoms with Gasteiger partial charge in [-0.2, -0.15) is 0 Å². The average Bonchev–Trinajstić information content (AvgIpc) is 2.49. The summed E-state index contributed by atoms with van der Waals surface area (Å²) in [7, 11) is 0. The third-order valence-corrected chi connectivity index (χ3v) is 3.67. The van der Waals surface area contributed by atoms with Gasteiger partial charge < -0.3 is 24.6 Å². The number of carboxylic acid groups (broad SMARTS) is 1. The van der Waals surface area contributed by atoms with Crippen molar-refractivity contribution < 1.29 is 28.9 Å². The van der Waals surface area contributed by atoms with Crippen LogP contribution in [0.3, 0.4) is 0 Å². The van der Waals surface area contributed by atoms with Gasteiger partial charge in [0.05, 0.1) is 18.6 Å². The van der Waals surface area contributed by atoms with Crippen molar-refractivity contribution in [3.05, 3.63) is 0 Å². The number of carbonyl (C=O) groups is 2. The number of carboxylic acids is 1. The maximum absolute atomic E-state index is 11.9. The zero-order valence-electron chi connectivity index (χ0n) is 12.7. The first-order chi connectivity index (χ1) is 10.0. The van der Waals surface area contributed by atoms with Crippen LogP contribution in [0, 0.1) is 5.41 Å². The smallest absolute Gasteiger partial charge is 0.311 e. The van der Waals surface area contributed by atoms with E-state index in [4.69, 9.17) is 14.2 Å². The zero-order chi connectivity index (χ0) is 15.7. The summed E-state index contributed by atoms with van der Waals surface area (Å²) in [5.41, 5.74) is -0.932. The van der Waals surface area contributed by atoms with Crippen molar-refractivity contribution in [3.8, 4) is 0 Å². The molecule has 21 heavy (non-hydrogen) atoms. The number of hydrogen-bond acceptors (Lipinski definition) is 5. The standard InChI is InChI=1S/C14H25NO6/c1-3-19-8-9-21-11(2)12(16)15-10-14(13(17)18)4-6-20-7-5-14/h11H,3-10H2,1-2H3,(H,15,16)(H,17,18). The van der Waals surface area contributed by atoms with E-state index in [9.17, 15) is 14.7 Å². The molecule has 1 fully saturated rings. The largest absolute Gasteiger partial charge is 0.481 e. The Morgan fingerprint density at radius 3 is 2.57 bits per heavy atom. The molecular formula is C14H25NO6. The van der Waals surface area contributed by atoms with Crippen molar-refractivity contribution in [2.75, 3.05) is 39.6 Å². The number of hydrogen-bond donors (Lipinski definition) is 2. The monoisotopic (exact) mass is 303 g/mol. The van der Waals surface area contributed by atoms with Crippen LogP contribution in [0.2, 0.25) is 0 Å². The Morgan fingerprint density at radius 2 is 2.00 bits per heavy atom. The van der Waals surface area contributed by atoms with E-state index < -0.39 is 17.5 Å². The van der Waals surface area contributed by atoms with E-state index in [1.807, 2.05) is 6.92 Å². The van der Waals surface area contributed by atoms with Crippen molar-refractivity contribution in [2.45, 2.75) is 32.8 Å². The van der Waals surface area contributed by atoms with Crippen molar-refractivity contribution in [2.24, 2.45) is 5.41 Å². The minimum atomic E-state index is -0.932. The summed E-state index contributed by atoms with van der Waals surface area (Å²) in [6, 6.07) is 0. The van der Waals surface area contributed by atoms with Crippen LogP contribution in [-0.4, -0.2) is 62.7 Å². The summed E-state index contributed by atoms with van der Waals surface area (Å²) >= 11 is 0. The molecule has 1 unspecified atom stereocenters. The average molecular weight is 303 g/mol. The first-order valence-corrected chi connectivity index (χ1v) is 7.30. The van der Waals surface area contributed by atoms with Gasteiger partial charge in [0.15, 0.2) is 0 Å². The third kappa shape index (κ3) is 5.61. The lowest BCUT2D eigenvalue weighted by atomic mass is 9.80. The van der Waals surface area contributed by atoms with Crippen LogP contribution < -0.4 is 5.32 Å². The van der Waals surface area contributed by atoms with E-state index in [0.29, 0.717) is 45.9 Å². The Kier molecular flexibility index (Phi) is 7.63. The number of carbonyl (C=O) groups excluding carboxylic acids is 1. The van der Waals surface area contributed by atoms with E-state index in [-0.39, 0.29) is 12.5 Å². The van der Waals surface area contributed by atoms with Crippen molar-refractivity contribution in [1.29, 1.82) is 0 Å². The molecule has 0 aromatic carbocycles. The molecule has 7 heteroatoms. The van der Waals surface area contributed by atoms with Gasteiger partial charge in [-0.15, -0.1) is 0 Å². The van der Waals surface area contributed by atoms with E-state index in [2.05, 4.69) is 5.32 Å². The molecule has 1 amide bonds. The highest BCUT2D eigenvalue weighted by atomic mass is 16.5. The van der Waals surface area contributed by atoms with Crippen LogP contribution >= 0.6 is 0 Å². The maximum Gasteiger partial charge on any atom is 0.311 e. The molecule has 1 heterocycles. The predicted molar refractivity (Wildman–Crippen MR) is 75.0 cm³/mol. The fourth-order valence-electron chi connectivity index (χ4n) is 2.13. The van der Waals surface area contributed by atoms with Gasteiger partial charge in [-0.05, 0) is 26.7 Å². The van der Waals surface area contributed by atoms with Gasteiger partial charge in [0.1, 0.15) is 6.10 Å². The SMILES string of the molecule is CCOCCOC(C)C(=O)NCC1(C(=O)O)CCOCC1. The molecule has 0 saturated carbocycles. The number of rotatable bonds is 9. The van der Waals surface area contributed by atoms with Gasteiger partial charge in [0.25, 0.3) is 0 Å². The Bertz CT molecular complexity index is 340. The summed E-state index contributed by atoms with van der Waals surface area (Å²) in [6.07, 6.45) is 0.181. The maximum atomic E-state index is 11.9. The van der Waals surface area contributed by atoms with Crippen molar-refractivity contribution in [1.82, 2.24) is 5.32 Å². The Morgan fingerprint density at radius 1 is 1.33 bits per heavy atom. The molecule has 1 rings (SSSR count).